The number of thioether (sulfide) groups is 1. The van der Waals surface area contributed by atoms with Gasteiger partial charge in [0.15, 0.2) is 5.11 Å². The van der Waals surface area contributed by atoms with E-state index >= 15 is 0 Å². The van der Waals surface area contributed by atoms with Gasteiger partial charge in [0.2, 0.25) is 0 Å². The molecule has 0 radical (unpaired) electrons. The molecule has 0 amide bonds. The van der Waals surface area contributed by atoms with Crippen LogP contribution >= 0.6 is 35.6 Å². The van der Waals surface area contributed by atoms with E-state index < -0.39 is 0 Å². The summed E-state index contributed by atoms with van der Waals surface area (Å²) in [6.07, 6.45) is 0. The van der Waals surface area contributed by atoms with Gasteiger partial charge < -0.3 is 10.6 Å². The smallest absolute Gasteiger partial charge is 0.170 e. The highest BCUT2D eigenvalue weighted by molar-refractivity contribution is 7.99. The predicted octanol–water partition coefficient (Wildman–Crippen LogP) is 4.56. The van der Waals surface area contributed by atoms with Gasteiger partial charge in [-0.3, -0.25) is 0 Å². The van der Waals surface area contributed by atoms with Crippen LogP contribution in [0.1, 0.15) is 0 Å². The largest absolute Gasteiger partial charge is 0.362 e. The van der Waals surface area contributed by atoms with Gasteiger partial charge in [-0.2, -0.15) is 0 Å². The second-order valence-electron chi connectivity index (χ2n) is 4.19. The number of nitrogens with one attached hydrogen (secondary N) is 2. The highest BCUT2D eigenvalue weighted by Crippen LogP contribution is 2.19. The van der Waals surface area contributed by atoms with Crippen LogP contribution < -0.4 is 10.6 Å². The highest BCUT2D eigenvalue weighted by atomic mass is 35.5. The third kappa shape index (κ3) is 5.91. The molecule has 0 saturated heterocycles. The van der Waals surface area contributed by atoms with Crippen LogP contribution in [0.5, 0.6) is 0 Å². The van der Waals surface area contributed by atoms with Crippen molar-refractivity contribution in [3.63, 3.8) is 0 Å². The zero-order valence-corrected chi connectivity index (χ0v) is 13.5. The van der Waals surface area contributed by atoms with Gasteiger partial charge in [-0.1, -0.05) is 11.6 Å². The van der Waals surface area contributed by atoms with E-state index in [9.17, 15) is 4.39 Å². The highest BCUT2D eigenvalue weighted by Gasteiger charge is 1.99. The maximum atomic E-state index is 12.8. The molecule has 110 valence electrons. The first kappa shape index (κ1) is 16.1. The van der Waals surface area contributed by atoms with Crippen molar-refractivity contribution in [3.8, 4) is 0 Å². The van der Waals surface area contributed by atoms with Crippen molar-refractivity contribution in [1.82, 2.24) is 5.32 Å². The molecule has 2 N–H and O–H groups in total. The molecule has 0 spiro atoms. The van der Waals surface area contributed by atoms with Crippen molar-refractivity contribution in [2.45, 2.75) is 4.90 Å². The Hall–Kier alpha value is -1.30. The molecule has 0 bridgehead atoms. The third-order valence-electron chi connectivity index (χ3n) is 2.57. The molecule has 0 aliphatic carbocycles. The lowest BCUT2D eigenvalue weighted by Crippen LogP contribution is -2.30. The van der Waals surface area contributed by atoms with Crippen molar-refractivity contribution in [2.75, 3.05) is 17.6 Å². The van der Waals surface area contributed by atoms with E-state index in [-0.39, 0.29) is 5.82 Å². The Balaban J connectivity index is 1.67. The standard InChI is InChI=1S/C15H14ClFN2S2/c16-11-1-7-14(8-2-11)21-10-9-18-15(20)19-13-5-3-12(17)4-6-13/h1-8H,9-10H2,(H2,18,19,20). The normalized spacial score (nSPS) is 10.2. The Labute approximate surface area is 138 Å². The Bertz CT molecular complexity index is 588. The number of hydrogen-bond acceptors (Lipinski definition) is 2. The van der Waals surface area contributed by atoms with Crippen LogP contribution in [0.3, 0.4) is 0 Å². The summed E-state index contributed by atoms with van der Waals surface area (Å²) in [4.78, 5) is 1.17. The SMILES string of the molecule is Fc1ccc(NC(=S)NCCSc2ccc(Cl)cc2)cc1. The molecule has 0 unspecified atom stereocenters. The summed E-state index contributed by atoms with van der Waals surface area (Å²) in [6, 6.07) is 13.8. The lowest BCUT2D eigenvalue weighted by atomic mass is 10.3. The van der Waals surface area contributed by atoms with Gasteiger partial charge in [-0.05, 0) is 60.7 Å². The van der Waals surface area contributed by atoms with Crippen LogP contribution in [0.15, 0.2) is 53.4 Å². The molecule has 0 aliphatic heterocycles. The minimum absolute atomic E-state index is 0.265. The summed E-state index contributed by atoms with van der Waals surface area (Å²) < 4.78 is 12.8. The molecule has 2 rings (SSSR count). The molecular weight excluding hydrogens is 327 g/mol. The molecule has 0 heterocycles. The minimum atomic E-state index is -0.265. The number of rotatable bonds is 5. The first-order chi connectivity index (χ1) is 10.1. The molecule has 2 nitrogen and oxygen atoms in total. The van der Waals surface area contributed by atoms with E-state index in [0.29, 0.717) is 5.11 Å². The first-order valence-electron chi connectivity index (χ1n) is 6.32. The van der Waals surface area contributed by atoms with Crippen molar-refractivity contribution in [2.24, 2.45) is 0 Å². The fraction of sp³-hybridized carbons (Fsp3) is 0.133. The van der Waals surface area contributed by atoms with Crippen LogP contribution in [0.4, 0.5) is 10.1 Å². The zero-order valence-electron chi connectivity index (χ0n) is 11.1. The van der Waals surface area contributed by atoms with Crippen LogP contribution in [0, 0.1) is 5.82 Å². The van der Waals surface area contributed by atoms with Crippen LogP contribution in [0.2, 0.25) is 5.02 Å². The second-order valence-corrected chi connectivity index (χ2v) is 6.20. The van der Waals surface area contributed by atoms with Gasteiger partial charge in [0, 0.05) is 27.9 Å². The van der Waals surface area contributed by atoms with Crippen molar-refractivity contribution in [3.05, 3.63) is 59.4 Å². The topological polar surface area (TPSA) is 24.1 Å². The van der Waals surface area contributed by atoms with E-state index in [0.717, 1.165) is 23.0 Å². The molecule has 0 aromatic heterocycles. The maximum Gasteiger partial charge on any atom is 0.170 e. The molecule has 2 aromatic carbocycles. The van der Waals surface area contributed by atoms with Gasteiger partial charge in [0.25, 0.3) is 0 Å². The molecule has 6 heteroatoms. The van der Waals surface area contributed by atoms with E-state index in [1.54, 1.807) is 23.9 Å². The molecule has 2 aromatic rings. The van der Waals surface area contributed by atoms with Gasteiger partial charge in [-0.15, -0.1) is 11.8 Å². The summed E-state index contributed by atoms with van der Waals surface area (Å²) in [5, 5.41) is 7.37. The average molecular weight is 341 g/mol. The summed E-state index contributed by atoms with van der Waals surface area (Å²) in [5.74, 6) is 0.617. The van der Waals surface area contributed by atoms with Gasteiger partial charge >= 0.3 is 0 Å². The first-order valence-corrected chi connectivity index (χ1v) is 8.09. The van der Waals surface area contributed by atoms with Gasteiger partial charge in [0.1, 0.15) is 5.82 Å². The third-order valence-corrected chi connectivity index (χ3v) is 4.08. The molecule has 0 fully saturated rings. The maximum absolute atomic E-state index is 12.8. The Morgan fingerprint density at radius 3 is 2.43 bits per heavy atom. The summed E-state index contributed by atoms with van der Waals surface area (Å²) in [7, 11) is 0. The fourth-order valence-corrected chi connectivity index (χ4v) is 2.69. The van der Waals surface area contributed by atoms with E-state index in [1.807, 2.05) is 24.3 Å². The lowest BCUT2D eigenvalue weighted by molar-refractivity contribution is 0.628. The number of benzene rings is 2. The minimum Gasteiger partial charge on any atom is -0.362 e. The lowest BCUT2D eigenvalue weighted by Gasteiger charge is -2.10. The Kier molecular flexibility index (Phi) is 6.29. The van der Waals surface area contributed by atoms with Crippen LogP contribution in [-0.4, -0.2) is 17.4 Å². The Morgan fingerprint density at radius 1 is 1.10 bits per heavy atom. The summed E-state index contributed by atoms with van der Waals surface area (Å²) in [6.45, 7) is 0.736. The summed E-state index contributed by atoms with van der Waals surface area (Å²) in [5.41, 5.74) is 0.763. The number of thiocarbonyl (C=S) groups is 1. The molecule has 0 aliphatic rings. The molecular formula is C15H14ClFN2S2. The van der Waals surface area contributed by atoms with Crippen molar-refractivity contribution >= 4 is 46.4 Å². The molecule has 0 saturated carbocycles. The van der Waals surface area contributed by atoms with Gasteiger partial charge in [0.05, 0.1) is 0 Å². The zero-order chi connectivity index (χ0) is 15.1. The quantitative estimate of drug-likeness (QED) is 0.473. The molecule has 0 atom stereocenters. The van der Waals surface area contributed by atoms with Crippen molar-refractivity contribution in [1.29, 1.82) is 0 Å². The molecule has 21 heavy (non-hydrogen) atoms. The average Bonchev–Trinajstić information content (AvgIpc) is 2.48. The summed E-state index contributed by atoms with van der Waals surface area (Å²) >= 11 is 12.7. The monoisotopic (exact) mass is 340 g/mol. The predicted molar refractivity (Wildman–Crippen MR) is 92.8 cm³/mol. The van der Waals surface area contributed by atoms with E-state index in [2.05, 4.69) is 10.6 Å². The van der Waals surface area contributed by atoms with Crippen LogP contribution in [0.25, 0.3) is 0 Å². The number of hydrogen-bond donors (Lipinski definition) is 2. The number of halogens is 2. The van der Waals surface area contributed by atoms with E-state index in [4.69, 9.17) is 23.8 Å². The van der Waals surface area contributed by atoms with Crippen LogP contribution in [-0.2, 0) is 0 Å². The second kappa shape index (κ2) is 8.22. The Morgan fingerprint density at radius 2 is 1.76 bits per heavy atom. The van der Waals surface area contributed by atoms with Crippen molar-refractivity contribution < 1.29 is 4.39 Å². The van der Waals surface area contributed by atoms with Gasteiger partial charge in [-0.25, -0.2) is 4.39 Å². The number of anilines is 1. The fourth-order valence-electron chi connectivity index (χ4n) is 1.57. The van der Waals surface area contributed by atoms with E-state index in [1.165, 1.54) is 17.0 Å².